The van der Waals surface area contributed by atoms with Crippen LogP contribution in [0.4, 0.5) is 0 Å². The van der Waals surface area contributed by atoms with Gasteiger partial charge in [0.15, 0.2) is 0 Å². The van der Waals surface area contributed by atoms with Gasteiger partial charge >= 0.3 is 0 Å². The first-order chi connectivity index (χ1) is 10.8. The molecular weight excluding hydrogens is 266 g/mol. The zero-order chi connectivity index (χ0) is 15.7. The third-order valence-corrected chi connectivity index (χ3v) is 5.10. The molecule has 1 atom stereocenters. The molecule has 0 amide bonds. The molecule has 22 heavy (non-hydrogen) atoms. The second kappa shape index (κ2) is 8.99. The summed E-state index contributed by atoms with van der Waals surface area (Å²) in [5.41, 5.74) is 1.48. The van der Waals surface area contributed by atoms with Crippen LogP contribution in [-0.4, -0.2) is 0 Å². The quantitative estimate of drug-likeness (QED) is 0.440. The molecule has 2 rings (SSSR count). The summed E-state index contributed by atoms with van der Waals surface area (Å²) >= 11 is 0. The first-order valence-electron chi connectivity index (χ1n) is 9.23. The molecule has 1 aliphatic rings. The van der Waals surface area contributed by atoms with Gasteiger partial charge in [0.05, 0.1) is 11.5 Å². The predicted molar refractivity (Wildman–Crippen MR) is 93.5 cm³/mol. The fourth-order valence-electron chi connectivity index (χ4n) is 3.50. The summed E-state index contributed by atoms with van der Waals surface area (Å²) in [4.78, 5) is 0. The van der Waals surface area contributed by atoms with Crippen molar-refractivity contribution in [3.63, 3.8) is 0 Å². The van der Waals surface area contributed by atoms with Crippen molar-refractivity contribution < 1.29 is 0 Å². The van der Waals surface area contributed by atoms with E-state index < -0.39 is 0 Å². The van der Waals surface area contributed by atoms with Crippen LogP contribution < -0.4 is 0 Å². The highest BCUT2D eigenvalue weighted by atomic mass is 14.5. The number of nitriles is 1. The van der Waals surface area contributed by atoms with Crippen LogP contribution in [0, 0.1) is 22.7 Å². The molecule has 0 heterocycles. The summed E-state index contributed by atoms with van der Waals surface area (Å²) in [6, 6.07) is 13.4. The Hall–Kier alpha value is -1.29. The number of unbranched alkanes of at least 4 members (excludes halogenated alkanes) is 5. The molecule has 120 valence electrons. The number of benzene rings is 1. The molecule has 0 N–H and O–H groups in total. The second-order valence-electron chi connectivity index (χ2n) is 7.21. The van der Waals surface area contributed by atoms with Gasteiger partial charge in [0.2, 0.25) is 0 Å². The van der Waals surface area contributed by atoms with Crippen molar-refractivity contribution in [2.24, 2.45) is 11.3 Å². The van der Waals surface area contributed by atoms with E-state index in [1.165, 1.54) is 50.5 Å². The molecule has 0 aliphatic heterocycles. The minimum Gasteiger partial charge on any atom is -0.198 e. The van der Waals surface area contributed by atoms with E-state index in [0.29, 0.717) is 5.92 Å². The Morgan fingerprint density at radius 1 is 1.05 bits per heavy atom. The van der Waals surface area contributed by atoms with Gasteiger partial charge in [0, 0.05) is 0 Å². The molecular formula is C21H31N. The van der Waals surface area contributed by atoms with Gasteiger partial charge in [-0.3, -0.25) is 0 Å². The molecule has 1 saturated carbocycles. The van der Waals surface area contributed by atoms with Crippen molar-refractivity contribution >= 4 is 0 Å². The lowest BCUT2D eigenvalue weighted by molar-refractivity contribution is 0.368. The maximum Gasteiger partial charge on any atom is 0.0689 e. The van der Waals surface area contributed by atoms with E-state index in [0.717, 1.165) is 25.7 Å². The Balaban J connectivity index is 1.78. The smallest absolute Gasteiger partial charge is 0.0689 e. The molecule has 1 heteroatoms. The maximum atomic E-state index is 9.39. The number of hydrogen-bond donors (Lipinski definition) is 0. The predicted octanol–water partition coefficient (Wildman–Crippen LogP) is 6.29. The summed E-state index contributed by atoms with van der Waals surface area (Å²) in [5, 5.41) is 9.39. The van der Waals surface area contributed by atoms with Gasteiger partial charge in [-0.15, -0.1) is 0 Å². The fourth-order valence-corrected chi connectivity index (χ4v) is 3.50. The lowest BCUT2D eigenvalue weighted by atomic mass is 9.84. The summed E-state index contributed by atoms with van der Waals surface area (Å²) < 4.78 is 0. The lowest BCUT2D eigenvalue weighted by Crippen LogP contribution is -2.11. The average Bonchev–Trinajstić information content (AvgIpc) is 3.32. The zero-order valence-corrected chi connectivity index (χ0v) is 14.2. The Morgan fingerprint density at radius 3 is 2.36 bits per heavy atom. The van der Waals surface area contributed by atoms with Crippen molar-refractivity contribution in [3.05, 3.63) is 35.9 Å². The van der Waals surface area contributed by atoms with Crippen LogP contribution in [0.1, 0.15) is 76.7 Å². The van der Waals surface area contributed by atoms with Crippen molar-refractivity contribution in [2.45, 2.75) is 77.6 Å². The highest BCUT2D eigenvalue weighted by Gasteiger charge is 2.44. The van der Waals surface area contributed by atoms with Crippen LogP contribution in [0.3, 0.4) is 0 Å². The first kappa shape index (κ1) is 17.1. The van der Waals surface area contributed by atoms with Gasteiger partial charge < -0.3 is 0 Å². The third kappa shape index (κ3) is 5.84. The van der Waals surface area contributed by atoms with Crippen molar-refractivity contribution in [2.75, 3.05) is 0 Å². The topological polar surface area (TPSA) is 23.8 Å². The van der Waals surface area contributed by atoms with Gasteiger partial charge in [0.25, 0.3) is 0 Å². The SMILES string of the molecule is CCCCCCCCC(Cc1ccccc1)CC1(C#N)CC1. The van der Waals surface area contributed by atoms with E-state index in [1.807, 2.05) is 0 Å². The molecule has 0 saturated heterocycles. The fraction of sp³-hybridized carbons (Fsp3) is 0.667. The largest absolute Gasteiger partial charge is 0.198 e. The minimum absolute atomic E-state index is 0.0433. The Morgan fingerprint density at radius 2 is 1.73 bits per heavy atom. The van der Waals surface area contributed by atoms with Crippen LogP contribution in [0.5, 0.6) is 0 Å². The number of nitrogens with zero attached hydrogens (tertiary/aromatic N) is 1. The van der Waals surface area contributed by atoms with E-state index in [4.69, 9.17) is 0 Å². The van der Waals surface area contributed by atoms with Gasteiger partial charge in [-0.05, 0) is 37.2 Å². The molecule has 1 aromatic rings. The van der Waals surface area contributed by atoms with Crippen LogP contribution >= 0.6 is 0 Å². The Bertz CT molecular complexity index is 453. The lowest BCUT2D eigenvalue weighted by Gasteiger charge is -2.19. The van der Waals surface area contributed by atoms with E-state index in [-0.39, 0.29) is 5.41 Å². The summed E-state index contributed by atoms with van der Waals surface area (Å²) in [6.45, 7) is 2.27. The molecule has 1 nitrogen and oxygen atoms in total. The third-order valence-electron chi connectivity index (χ3n) is 5.10. The second-order valence-corrected chi connectivity index (χ2v) is 7.21. The monoisotopic (exact) mass is 297 g/mol. The molecule has 1 fully saturated rings. The van der Waals surface area contributed by atoms with Crippen molar-refractivity contribution in [1.29, 1.82) is 5.26 Å². The number of rotatable bonds is 11. The van der Waals surface area contributed by atoms with E-state index in [9.17, 15) is 5.26 Å². The van der Waals surface area contributed by atoms with Gasteiger partial charge in [-0.2, -0.15) is 5.26 Å². The minimum atomic E-state index is 0.0433. The van der Waals surface area contributed by atoms with Crippen molar-refractivity contribution in [3.8, 4) is 6.07 Å². The summed E-state index contributed by atoms with van der Waals surface area (Å²) in [6.07, 6.45) is 14.0. The molecule has 0 radical (unpaired) electrons. The zero-order valence-electron chi connectivity index (χ0n) is 14.2. The first-order valence-corrected chi connectivity index (χ1v) is 9.23. The molecule has 1 aliphatic carbocycles. The van der Waals surface area contributed by atoms with E-state index in [2.05, 4.69) is 43.3 Å². The van der Waals surface area contributed by atoms with E-state index in [1.54, 1.807) is 0 Å². The standard InChI is InChI=1S/C21H31N/c1-2-3-4-5-6-8-13-20(17-21(18-22)14-15-21)16-19-11-9-7-10-12-19/h7,9-12,20H,2-6,8,13-17H2,1H3. The average molecular weight is 297 g/mol. The highest BCUT2D eigenvalue weighted by Crippen LogP contribution is 2.51. The van der Waals surface area contributed by atoms with Gasteiger partial charge in [0.1, 0.15) is 0 Å². The van der Waals surface area contributed by atoms with Gasteiger partial charge in [-0.25, -0.2) is 0 Å². The highest BCUT2D eigenvalue weighted by molar-refractivity contribution is 5.16. The molecule has 1 unspecified atom stereocenters. The molecule has 1 aromatic carbocycles. The van der Waals surface area contributed by atoms with Gasteiger partial charge in [-0.1, -0.05) is 82.2 Å². The van der Waals surface area contributed by atoms with Crippen LogP contribution in [-0.2, 0) is 6.42 Å². The Labute approximate surface area is 136 Å². The normalized spacial score (nSPS) is 16.9. The molecule has 0 spiro atoms. The van der Waals surface area contributed by atoms with Crippen molar-refractivity contribution in [1.82, 2.24) is 0 Å². The maximum absolute atomic E-state index is 9.39. The summed E-state index contributed by atoms with van der Waals surface area (Å²) in [5.74, 6) is 0.690. The van der Waals surface area contributed by atoms with Crippen LogP contribution in [0.25, 0.3) is 0 Å². The summed E-state index contributed by atoms with van der Waals surface area (Å²) in [7, 11) is 0. The van der Waals surface area contributed by atoms with Crippen LogP contribution in [0.15, 0.2) is 30.3 Å². The number of hydrogen-bond acceptors (Lipinski definition) is 1. The molecule has 0 aromatic heterocycles. The molecule has 0 bridgehead atoms. The van der Waals surface area contributed by atoms with E-state index >= 15 is 0 Å². The van der Waals surface area contributed by atoms with Crippen LogP contribution in [0.2, 0.25) is 0 Å². The Kier molecular flexibility index (Phi) is 6.97.